The van der Waals surface area contributed by atoms with E-state index in [1.165, 1.54) is 0 Å². The van der Waals surface area contributed by atoms with E-state index in [4.69, 9.17) is 16.3 Å². The number of aryl methyl sites for hydroxylation is 1. The molecule has 6 nitrogen and oxygen atoms in total. The Morgan fingerprint density at radius 2 is 1.81 bits per heavy atom. The zero-order valence-corrected chi connectivity index (χ0v) is 18.0. The third-order valence-electron chi connectivity index (χ3n) is 5.96. The smallest absolute Gasteiger partial charge is 0.249 e. The van der Waals surface area contributed by atoms with Crippen LogP contribution >= 0.6 is 11.6 Å². The van der Waals surface area contributed by atoms with Gasteiger partial charge in [-0.25, -0.2) is 13.5 Å². The van der Waals surface area contributed by atoms with Crippen molar-refractivity contribution >= 4 is 28.9 Å². The Hall–Kier alpha value is -2.87. The summed E-state index contributed by atoms with van der Waals surface area (Å²) < 4.78 is 33.8. The van der Waals surface area contributed by atoms with E-state index >= 15 is 0 Å². The van der Waals surface area contributed by atoms with Crippen molar-refractivity contribution in [3.8, 4) is 17.1 Å². The average molecular weight is 446 g/mol. The number of anilines is 3. The Balaban J connectivity index is 1.34. The Kier molecular flexibility index (Phi) is 4.58. The second-order valence-corrected chi connectivity index (χ2v) is 8.90. The molecule has 0 amide bonds. The molecular formula is C22H22ClF2N5O. The first-order valence-electron chi connectivity index (χ1n) is 10.0. The number of methoxy groups -OCH3 is 1. The highest BCUT2D eigenvalue weighted by Crippen LogP contribution is 2.58. The summed E-state index contributed by atoms with van der Waals surface area (Å²) in [5, 5.41) is 8.39. The molecule has 1 N–H and O–H groups in total. The molecule has 1 aliphatic carbocycles. The Bertz CT molecular complexity index is 1120. The summed E-state index contributed by atoms with van der Waals surface area (Å²) in [6.45, 7) is 1.27. The van der Waals surface area contributed by atoms with E-state index in [0.29, 0.717) is 35.6 Å². The van der Waals surface area contributed by atoms with Gasteiger partial charge in [0.15, 0.2) is 5.82 Å². The number of nitrogens with one attached hydrogen (secondary N) is 1. The largest absolute Gasteiger partial charge is 0.495 e. The Morgan fingerprint density at radius 3 is 2.45 bits per heavy atom. The highest BCUT2D eigenvalue weighted by molar-refractivity contribution is 6.30. The minimum Gasteiger partial charge on any atom is -0.495 e. The third kappa shape index (κ3) is 3.69. The molecule has 1 saturated heterocycles. The van der Waals surface area contributed by atoms with Crippen molar-refractivity contribution in [1.29, 1.82) is 0 Å². The SMILES string of the molecule is COc1cc(-c2nc(Nc3ccc(Cl)cc3)n(C)n2)ccc1N1CC2(C1)CC(F)(F)C2. The van der Waals surface area contributed by atoms with Gasteiger partial charge in [-0.1, -0.05) is 11.6 Å². The summed E-state index contributed by atoms with van der Waals surface area (Å²) in [6, 6.07) is 13.1. The van der Waals surface area contributed by atoms with Crippen molar-refractivity contribution in [2.24, 2.45) is 12.5 Å². The van der Waals surface area contributed by atoms with Gasteiger partial charge in [0.05, 0.1) is 12.8 Å². The lowest BCUT2D eigenvalue weighted by molar-refractivity contribution is -0.170. The highest BCUT2D eigenvalue weighted by Gasteiger charge is 2.61. The van der Waals surface area contributed by atoms with Crippen molar-refractivity contribution < 1.29 is 13.5 Å². The number of hydrogen-bond donors (Lipinski definition) is 1. The van der Waals surface area contributed by atoms with Gasteiger partial charge < -0.3 is 15.0 Å². The quantitative estimate of drug-likeness (QED) is 0.590. The van der Waals surface area contributed by atoms with Crippen LogP contribution in [-0.2, 0) is 7.05 Å². The van der Waals surface area contributed by atoms with Crippen LogP contribution in [0.5, 0.6) is 5.75 Å². The highest BCUT2D eigenvalue weighted by atomic mass is 35.5. The average Bonchev–Trinajstić information content (AvgIpc) is 3.05. The summed E-state index contributed by atoms with van der Waals surface area (Å²) in [6.07, 6.45) is -0.0314. The fourth-order valence-electron chi connectivity index (χ4n) is 4.56. The van der Waals surface area contributed by atoms with Gasteiger partial charge in [-0.15, -0.1) is 5.10 Å². The normalized spacial score (nSPS) is 18.4. The van der Waals surface area contributed by atoms with Gasteiger partial charge in [-0.05, 0) is 42.5 Å². The Morgan fingerprint density at radius 1 is 1.10 bits per heavy atom. The molecule has 2 fully saturated rings. The molecule has 2 heterocycles. The molecule has 31 heavy (non-hydrogen) atoms. The summed E-state index contributed by atoms with van der Waals surface area (Å²) in [4.78, 5) is 6.69. The first kappa shape index (κ1) is 20.1. The number of nitrogens with zero attached hydrogens (tertiary/aromatic N) is 4. The van der Waals surface area contributed by atoms with Crippen molar-refractivity contribution in [2.45, 2.75) is 18.8 Å². The minimum absolute atomic E-state index is 0.0157. The summed E-state index contributed by atoms with van der Waals surface area (Å²) in [5.74, 6) is -0.667. The van der Waals surface area contributed by atoms with Crippen LogP contribution in [0.2, 0.25) is 5.02 Å². The molecule has 0 bridgehead atoms. The topological polar surface area (TPSA) is 55.2 Å². The van der Waals surface area contributed by atoms with E-state index in [1.54, 1.807) is 23.9 Å². The number of halogens is 3. The molecule has 1 spiro atoms. The standard InChI is InChI=1S/C22H22ClF2N5O/c1-29-20(26-16-6-4-15(23)5-7-16)27-19(28-29)14-3-8-17(18(9-14)31-2)30-12-21(13-30)10-22(24,25)11-21/h3-9H,10-13H2,1-2H3,(H,26,27,28). The van der Waals surface area contributed by atoms with Crippen molar-refractivity contribution in [3.05, 3.63) is 47.5 Å². The van der Waals surface area contributed by atoms with Crippen LogP contribution in [-0.4, -0.2) is 40.9 Å². The van der Waals surface area contributed by atoms with E-state index < -0.39 is 5.92 Å². The minimum atomic E-state index is -2.50. The fraction of sp³-hybridized carbons (Fsp3) is 0.364. The second-order valence-electron chi connectivity index (χ2n) is 8.47. The molecular weight excluding hydrogens is 424 g/mol. The Labute approximate surface area is 183 Å². The van der Waals surface area contributed by atoms with E-state index in [-0.39, 0.29) is 18.3 Å². The molecule has 2 aliphatic rings. The van der Waals surface area contributed by atoms with Gasteiger partial charge in [0.1, 0.15) is 5.75 Å². The molecule has 9 heteroatoms. The van der Waals surface area contributed by atoms with E-state index in [9.17, 15) is 8.78 Å². The van der Waals surface area contributed by atoms with Crippen molar-refractivity contribution in [1.82, 2.24) is 14.8 Å². The van der Waals surface area contributed by atoms with Gasteiger partial charge in [0.2, 0.25) is 11.9 Å². The molecule has 0 unspecified atom stereocenters. The van der Waals surface area contributed by atoms with Crippen LogP contribution in [0.3, 0.4) is 0 Å². The zero-order valence-electron chi connectivity index (χ0n) is 17.2. The number of aromatic nitrogens is 3. The van der Waals surface area contributed by atoms with Gasteiger partial charge >= 0.3 is 0 Å². The molecule has 1 aromatic heterocycles. The summed E-state index contributed by atoms with van der Waals surface area (Å²) in [5.41, 5.74) is 2.33. The van der Waals surface area contributed by atoms with Gasteiger partial charge in [-0.2, -0.15) is 4.98 Å². The van der Waals surface area contributed by atoms with Gasteiger partial charge in [-0.3, -0.25) is 0 Å². The van der Waals surface area contributed by atoms with Crippen LogP contribution in [0, 0.1) is 5.41 Å². The lowest BCUT2D eigenvalue weighted by Crippen LogP contribution is -2.66. The van der Waals surface area contributed by atoms with Crippen LogP contribution in [0.1, 0.15) is 12.8 Å². The number of ether oxygens (including phenoxy) is 1. The monoisotopic (exact) mass is 445 g/mol. The number of benzene rings is 2. The van der Waals surface area contributed by atoms with E-state index in [2.05, 4.69) is 20.3 Å². The maximum absolute atomic E-state index is 13.3. The molecule has 1 aliphatic heterocycles. The molecule has 3 aromatic rings. The molecule has 5 rings (SSSR count). The van der Waals surface area contributed by atoms with Gasteiger partial charge in [0, 0.05) is 54.7 Å². The lowest BCUT2D eigenvalue weighted by atomic mass is 9.61. The number of rotatable bonds is 5. The predicted octanol–water partition coefficient (Wildman–Crippen LogP) is 5.12. The van der Waals surface area contributed by atoms with Crippen LogP contribution in [0.25, 0.3) is 11.4 Å². The first-order chi connectivity index (χ1) is 14.8. The molecule has 162 valence electrons. The second kappa shape index (κ2) is 7.09. The number of alkyl halides is 2. The molecule has 0 atom stereocenters. The molecule has 0 radical (unpaired) electrons. The predicted molar refractivity (Wildman–Crippen MR) is 117 cm³/mol. The molecule has 2 aromatic carbocycles. The summed E-state index contributed by atoms with van der Waals surface area (Å²) >= 11 is 5.94. The third-order valence-corrected chi connectivity index (χ3v) is 6.21. The zero-order chi connectivity index (χ0) is 21.8. The van der Waals surface area contributed by atoms with Crippen molar-refractivity contribution in [3.63, 3.8) is 0 Å². The fourth-order valence-corrected chi connectivity index (χ4v) is 4.68. The molecule has 1 saturated carbocycles. The number of hydrogen-bond acceptors (Lipinski definition) is 5. The van der Waals surface area contributed by atoms with Crippen molar-refractivity contribution in [2.75, 3.05) is 30.4 Å². The summed E-state index contributed by atoms with van der Waals surface area (Å²) in [7, 11) is 3.42. The first-order valence-corrected chi connectivity index (χ1v) is 10.4. The van der Waals surface area contributed by atoms with Crippen LogP contribution < -0.4 is 15.0 Å². The maximum Gasteiger partial charge on any atom is 0.249 e. The maximum atomic E-state index is 13.3. The lowest BCUT2D eigenvalue weighted by Gasteiger charge is -2.59. The van der Waals surface area contributed by atoms with Crippen LogP contribution in [0.4, 0.5) is 26.1 Å². The van der Waals surface area contributed by atoms with Crippen LogP contribution in [0.15, 0.2) is 42.5 Å². The van der Waals surface area contributed by atoms with Gasteiger partial charge in [0.25, 0.3) is 0 Å². The van der Waals surface area contributed by atoms with E-state index in [0.717, 1.165) is 16.9 Å². The van der Waals surface area contributed by atoms with E-state index in [1.807, 2.05) is 37.4 Å².